The van der Waals surface area contributed by atoms with Crippen LogP contribution in [-0.4, -0.2) is 259 Å². The molecule has 0 rings (SSSR count). The fraction of sp³-hybridized carbons (Fsp3) is 0.817. The number of carbonyl (C=O) groups is 13. The molecule has 120 heavy (non-hydrogen) atoms. The molecule has 8 atom stereocenters. The van der Waals surface area contributed by atoms with Gasteiger partial charge in [0, 0.05) is 90.9 Å². The zero-order valence-electron chi connectivity index (χ0n) is 74.0. The highest BCUT2D eigenvalue weighted by atomic mass is 31.2. The molecule has 0 aliphatic carbocycles. The fourth-order valence-corrected chi connectivity index (χ4v) is 9.78. The Labute approximate surface area is 703 Å². The van der Waals surface area contributed by atoms with Gasteiger partial charge in [-0.2, -0.15) is 0 Å². The van der Waals surface area contributed by atoms with E-state index in [1.807, 2.05) is 0 Å². The number of rotatable bonds is 47. The lowest BCUT2D eigenvalue weighted by Crippen LogP contribution is -2.34. The lowest BCUT2D eigenvalue weighted by atomic mass is 10.2. The minimum absolute atomic E-state index is 0.0519. The highest BCUT2D eigenvalue weighted by Gasteiger charge is 2.31. The first-order chi connectivity index (χ1) is 55.0. The van der Waals surface area contributed by atoms with Gasteiger partial charge in [-0.25, -0.2) is 33.1 Å². The van der Waals surface area contributed by atoms with Crippen LogP contribution >= 0.6 is 30.8 Å². The zero-order chi connectivity index (χ0) is 94.0. The van der Waals surface area contributed by atoms with Gasteiger partial charge in [-0.3, -0.25) is 65.6 Å². The molecule has 0 saturated heterocycles. The van der Waals surface area contributed by atoms with Crippen LogP contribution in [0.3, 0.4) is 0 Å². The number of hydrogen-bond donors (Lipinski definition) is 6. The molecule has 0 aliphatic rings. The molecule has 0 bridgehead atoms. The summed E-state index contributed by atoms with van der Waals surface area (Å²) in [5.41, 5.74) is 1.82. The van der Waals surface area contributed by atoms with Crippen molar-refractivity contribution in [2.24, 2.45) is 5.73 Å². The van der Waals surface area contributed by atoms with Gasteiger partial charge >= 0.3 is 109 Å². The van der Waals surface area contributed by atoms with Crippen LogP contribution in [-0.2, 0) is 159 Å². The summed E-state index contributed by atoms with van der Waals surface area (Å²) in [6.45, 7) is 37.8. The number of alkyl carbamates (subject to hydrolysis) is 3. The molecule has 0 aromatic carbocycles. The Balaban J connectivity index is -0.000000466. The third-order valence-electron chi connectivity index (χ3n) is 11.6. The number of nitrogens with two attached hydrogens (primary N) is 1. The lowest BCUT2D eigenvalue weighted by Gasteiger charge is -2.21. The van der Waals surface area contributed by atoms with Gasteiger partial charge in [-0.15, -0.1) is 0 Å². The van der Waals surface area contributed by atoms with E-state index in [0.717, 1.165) is 0 Å². The molecule has 3 amide bonds. The Morgan fingerprint density at radius 3 is 0.717 bits per heavy atom. The van der Waals surface area contributed by atoms with Crippen molar-refractivity contribution < 1.29 is 193 Å². The van der Waals surface area contributed by atoms with E-state index >= 15 is 0 Å². The average Bonchev–Trinajstić information content (AvgIpc) is 0.922. The second kappa shape index (κ2) is 63.7. The van der Waals surface area contributed by atoms with Crippen LogP contribution in [0.25, 0.3) is 0 Å². The van der Waals surface area contributed by atoms with E-state index in [2.05, 4.69) is 29.7 Å². The van der Waals surface area contributed by atoms with Crippen LogP contribution in [0.1, 0.15) is 211 Å². The van der Waals surface area contributed by atoms with Gasteiger partial charge in [-0.05, 0) is 104 Å². The van der Waals surface area contributed by atoms with Crippen molar-refractivity contribution in [3.8, 4) is 0 Å². The molecule has 0 saturated carbocycles. The van der Waals surface area contributed by atoms with E-state index < -0.39 is 175 Å². The summed E-state index contributed by atoms with van der Waals surface area (Å²) in [5, 5.41) is 7.27. The Kier molecular flexibility index (Phi) is 64.4. The number of phosphoric acid groups is 2. The van der Waals surface area contributed by atoms with Crippen molar-refractivity contribution in [1.29, 1.82) is 0 Å². The van der Waals surface area contributed by atoms with Crippen LogP contribution < -0.4 is 21.7 Å². The molecule has 0 radical (unpaired) electrons. The van der Waals surface area contributed by atoms with Crippen molar-refractivity contribution in [1.82, 2.24) is 16.0 Å². The number of amides is 3. The maximum Gasteiger partial charge on any atom is 0.519 e. The molecule has 0 aromatic rings. The molecule has 49 heteroatoms. The topological polar surface area (TPSA) is 596 Å². The highest BCUT2D eigenvalue weighted by molar-refractivity contribution is 7.53. The minimum Gasteiger partial charge on any atom is -0.462 e. The Bertz CT molecular complexity index is 3000. The number of nitrogens with one attached hydrogen (secondary N) is 3. The summed E-state index contributed by atoms with van der Waals surface area (Å²) in [4.78, 5) is 166. The van der Waals surface area contributed by atoms with Crippen molar-refractivity contribution in [3.63, 3.8) is 0 Å². The van der Waals surface area contributed by atoms with Crippen molar-refractivity contribution in [3.05, 3.63) is 0 Å². The van der Waals surface area contributed by atoms with Gasteiger partial charge in [0.05, 0.1) is 52.9 Å². The number of phosphoric ester groups is 2. The first-order valence-corrected chi connectivity index (χ1v) is 45.1. The molecular formula is C71H134N4O41P4. The second-order valence-corrected chi connectivity index (χ2v) is 36.1. The third-order valence-corrected chi connectivity index (χ3v) is 16.1. The summed E-state index contributed by atoms with van der Waals surface area (Å²) in [6.07, 6.45) is -6.83. The van der Waals surface area contributed by atoms with E-state index in [-0.39, 0.29) is 144 Å². The van der Waals surface area contributed by atoms with Crippen molar-refractivity contribution >= 4 is 109 Å². The molecule has 0 fully saturated rings. The van der Waals surface area contributed by atoms with Crippen molar-refractivity contribution in [2.45, 2.75) is 263 Å². The summed E-state index contributed by atoms with van der Waals surface area (Å²) in [6, 6.07) is 0. The molecular weight excluding hydrogens is 1690 g/mol. The highest BCUT2D eigenvalue weighted by Crippen LogP contribution is 2.46. The molecule has 8 unspecified atom stereocenters. The molecule has 704 valence electrons. The SMILES string of the molecule is CC(C)(C)OC(=O)OC(=O)OC(C)(C)C.CCC(=O)OCC(COP(=O)(O)OCCN)OC(=O)CC.CCC(=O)OCC(COP(=O)(O)OCCNC(=O)OC(C)(C)C)OC(=O)CC.CCC(=O)OCC(COP(C)(=O)OCCNC(=O)OC(C)(C)C)OC(=O)CC.CCC(=O)OCC(COP(C)(=O)OCCNC(=O)OC(C)(C)C)OC(=O)CC. The molecule has 45 nitrogen and oxygen atoms in total. The monoisotopic (exact) mass is 1820 g/mol. The predicted octanol–water partition coefficient (Wildman–Crippen LogP) is 10.4. The summed E-state index contributed by atoms with van der Waals surface area (Å²) >= 11 is 0. The first kappa shape index (κ1) is 121. The van der Waals surface area contributed by atoms with Gasteiger partial charge in [0.25, 0.3) is 0 Å². The fourth-order valence-electron chi connectivity index (χ4n) is 6.40. The minimum atomic E-state index is -4.48. The second-order valence-electron chi connectivity index (χ2n) is 29.1. The largest absolute Gasteiger partial charge is 0.519 e. The van der Waals surface area contributed by atoms with Crippen LogP contribution in [0.4, 0.5) is 24.0 Å². The third kappa shape index (κ3) is 83.1. The maximum atomic E-state index is 12.3. The number of carbonyl (C=O) groups excluding carboxylic acids is 13. The van der Waals surface area contributed by atoms with Crippen LogP contribution in [0.5, 0.6) is 0 Å². The smallest absolute Gasteiger partial charge is 0.462 e. The Morgan fingerprint density at radius 2 is 0.508 bits per heavy atom. The molecule has 0 aromatic heterocycles. The summed E-state index contributed by atoms with van der Waals surface area (Å²) in [7, 11) is -15.7. The van der Waals surface area contributed by atoms with Gasteiger partial charge in [0.2, 0.25) is 0 Å². The van der Waals surface area contributed by atoms with E-state index in [1.54, 1.807) is 159 Å². The molecule has 0 spiro atoms. The van der Waals surface area contributed by atoms with Crippen LogP contribution in [0, 0.1) is 0 Å². The summed E-state index contributed by atoms with van der Waals surface area (Å²) in [5.74, 6) is -4.07. The van der Waals surface area contributed by atoms with Crippen LogP contribution in [0.15, 0.2) is 0 Å². The van der Waals surface area contributed by atoms with E-state index in [1.165, 1.54) is 13.3 Å². The first-order valence-electron chi connectivity index (χ1n) is 38.1. The van der Waals surface area contributed by atoms with Gasteiger partial charge in [-0.1, -0.05) is 55.4 Å². The van der Waals surface area contributed by atoms with Gasteiger partial charge in [0.15, 0.2) is 24.4 Å². The number of hydrogen-bond acceptors (Lipinski definition) is 40. The Hall–Kier alpha value is -7.21. The molecule has 7 N–H and O–H groups in total. The van der Waals surface area contributed by atoms with E-state index in [0.29, 0.717) is 0 Å². The van der Waals surface area contributed by atoms with Crippen molar-refractivity contribution in [2.75, 3.05) is 119 Å². The zero-order valence-corrected chi connectivity index (χ0v) is 77.5. The maximum absolute atomic E-state index is 12.3. The number of esters is 8. The number of ether oxygens (including phenoxy) is 14. The molecule has 0 heterocycles. The predicted molar refractivity (Wildman–Crippen MR) is 425 cm³/mol. The normalized spacial score (nSPS) is 14.3. The van der Waals surface area contributed by atoms with E-state index in [9.17, 15) is 90.4 Å². The molecule has 0 aliphatic heterocycles. The quantitative estimate of drug-likeness (QED) is 0.0108. The van der Waals surface area contributed by atoms with Crippen LogP contribution in [0.2, 0.25) is 0 Å². The van der Waals surface area contributed by atoms with Gasteiger partial charge in [0.1, 0.15) is 54.4 Å². The Morgan fingerprint density at radius 1 is 0.300 bits per heavy atom. The standard InChI is InChI=1S/2C17H32NO9P.C16H30NO10P.C11H22NO8P.C10H18O5/c2*1-7-14(19)23-11-13(26-15(20)8-2)12-25-28(6,22)24-10-9-18-16(21)27-17(3,4)5;1-6-13(18)23-10-12(26-14(19)7-2)11-25-28(21,22)24-9-8-17-15(20)27-16(3,4)5;1-3-10(13)17-7-9(20-11(14)4-2)8-19-21(15,16)18-6-5-12;1-9(2,3)14-7(11)13-8(12)15-10(4,5)6/h2*13H,7-12H2,1-6H3,(H,18,21);12H,6-11H2,1-5H3,(H,17,20)(H,21,22);9H,3-8,12H2,1-2H3,(H,15,16);1-6H3. The van der Waals surface area contributed by atoms with Gasteiger partial charge < -0.3 is 116 Å². The lowest BCUT2D eigenvalue weighted by molar-refractivity contribution is -0.160. The summed E-state index contributed by atoms with van der Waals surface area (Å²) < 4.78 is 156. The average molecular weight is 1820 g/mol. The van der Waals surface area contributed by atoms with E-state index in [4.69, 9.17) is 94.5 Å².